The average Bonchev–Trinajstić information content (AvgIpc) is 3.50. The fourth-order valence-corrected chi connectivity index (χ4v) is 5.21. The molecule has 1 aliphatic heterocycles. The molecule has 0 spiro atoms. The van der Waals surface area contributed by atoms with E-state index in [9.17, 15) is 14.4 Å². The fourth-order valence-electron chi connectivity index (χ4n) is 5.09. The number of halogens is 2. The molecule has 1 heterocycles. The number of benzene rings is 3. The first-order valence-electron chi connectivity index (χ1n) is 14.4. The number of hydrogen-bond acceptors (Lipinski definition) is 5. The van der Waals surface area contributed by atoms with Crippen molar-refractivity contribution in [3.63, 3.8) is 0 Å². The van der Waals surface area contributed by atoms with Crippen LogP contribution in [0.4, 0.5) is 0 Å². The molecule has 4 rings (SSSR count). The van der Waals surface area contributed by atoms with Crippen LogP contribution in [0.5, 0.6) is 0 Å². The number of carbonyl (C=O) groups is 3. The summed E-state index contributed by atoms with van der Waals surface area (Å²) in [5.74, 6) is -0.991. The zero-order chi connectivity index (χ0) is 29.4. The van der Waals surface area contributed by atoms with E-state index in [1.807, 2.05) is 66.7 Å². The molecule has 1 fully saturated rings. The van der Waals surface area contributed by atoms with Crippen molar-refractivity contribution in [2.24, 2.45) is 5.41 Å². The summed E-state index contributed by atoms with van der Waals surface area (Å²) < 4.78 is 0. The molecule has 3 amide bonds. The topological polar surface area (TPSA) is 90.5 Å². The molecule has 2 atom stereocenters. The van der Waals surface area contributed by atoms with Gasteiger partial charge in [0.05, 0.1) is 6.04 Å². The predicted octanol–water partition coefficient (Wildman–Crippen LogP) is 5.28. The summed E-state index contributed by atoms with van der Waals surface area (Å²) in [6, 6.07) is 20.3. The van der Waals surface area contributed by atoms with Crippen LogP contribution in [0.25, 0.3) is 10.8 Å². The summed E-state index contributed by atoms with van der Waals surface area (Å²) in [6.07, 6.45) is 2.45. The Morgan fingerprint density at radius 2 is 1.67 bits per heavy atom. The Morgan fingerprint density at radius 1 is 0.976 bits per heavy atom. The van der Waals surface area contributed by atoms with E-state index in [0.717, 1.165) is 34.9 Å². The van der Waals surface area contributed by atoms with Crippen molar-refractivity contribution in [2.45, 2.75) is 65.1 Å². The standard InChI is InChI=1S/C33H41ClN4O3.ClH/c1-33(2,3)32(41)38(31(40)28-10-6-18-36-28)29(21-24-11-14-25-8-4-5-9-26(25)20-24)30(39)37-19-7-17-35-22-23-12-15-27(34)16-13-23;/h4-5,8-9,11-16,20,28-29,35-36H,6-7,10,17-19,21-22H2,1-3H3,(H,37,39);1H/t28-,29+;/m0./s1. The van der Waals surface area contributed by atoms with Crippen molar-refractivity contribution >= 4 is 52.5 Å². The van der Waals surface area contributed by atoms with Gasteiger partial charge in [0.2, 0.25) is 17.7 Å². The molecular formula is C33H42Cl2N4O3. The summed E-state index contributed by atoms with van der Waals surface area (Å²) >= 11 is 5.96. The molecule has 0 radical (unpaired) electrons. The van der Waals surface area contributed by atoms with Crippen molar-refractivity contribution in [1.29, 1.82) is 0 Å². The molecule has 42 heavy (non-hydrogen) atoms. The average molecular weight is 614 g/mol. The second kappa shape index (κ2) is 15.5. The lowest BCUT2D eigenvalue weighted by Gasteiger charge is -2.35. The number of fused-ring (bicyclic) bond motifs is 1. The van der Waals surface area contributed by atoms with Crippen molar-refractivity contribution in [1.82, 2.24) is 20.9 Å². The smallest absolute Gasteiger partial charge is 0.247 e. The number of imide groups is 1. The van der Waals surface area contributed by atoms with Crippen molar-refractivity contribution in [2.75, 3.05) is 19.6 Å². The Hall–Kier alpha value is -2.97. The Kier molecular flexibility index (Phi) is 12.4. The summed E-state index contributed by atoms with van der Waals surface area (Å²) in [5.41, 5.74) is 1.19. The number of amides is 3. The van der Waals surface area contributed by atoms with E-state index in [1.165, 1.54) is 4.90 Å². The summed E-state index contributed by atoms with van der Waals surface area (Å²) in [6.45, 7) is 7.91. The molecule has 226 valence electrons. The monoisotopic (exact) mass is 612 g/mol. The molecule has 9 heteroatoms. The molecule has 1 aliphatic rings. The zero-order valence-corrected chi connectivity index (χ0v) is 26.2. The molecule has 3 aromatic carbocycles. The van der Waals surface area contributed by atoms with Crippen LogP contribution in [0.15, 0.2) is 66.7 Å². The van der Waals surface area contributed by atoms with Crippen molar-refractivity contribution < 1.29 is 14.4 Å². The third-order valence-corrected chi connectivity index (χ3v) is 7.64. The zero-order valence-electron chi connectivity index (χ0n) is 24.6. The highest BCUT2D eigenvalue weighted by Gasteiger charge is 2.42. The highest BCUT2D eigenvalue weighted by molar-refractivity contribution is 6.30. The molecular weight excluding hydrogens is 571 g/mol. The van der Waals surface area contributed by atoms with Crippen LogP contribution in [0, 0.1) is 5.41 Å². The van der Waals surface area contributed by atoms with E-state index < -0.39 is 17.5 Å². The minimum absolute atomic E-state index is 0. The highest BCUT2D eigenvalue weighted by atomic mass is 35.5. The van der Waals surface area contributed by atoms with Gasteiger partial charge in [0, 0.05) is 29.9 Å². The molecule has 3 aromatic rings. The van der Waals surface area contributed by atoms with E-state index >= 15 is 0 Å². The minimum Gasteiger partial charge on any atom is -0.354 e. The van der Waals surface area contributed by atoms with Gasteiger partial charge in [-0.05, 0) is 66.4 Å². The van der Waals surface area contributed by atoms with Crippen molar-refractivity contribution in [3.8, 4) is 0 Å². The van der Waals surface area contributed by atoms with Gasteiger partial charge in [-0.2, -0.15) is 0 Å². The second-order valence-electron chi connectivity index (χ2n) is 11.8. The number of rotatable bonds is 11. The Balaban J connectivity index is 0.00000484. The minimum atomic E-state index is -0.959. The third kappa shape index (κ3) is 9.01. The van der Waals surface area contributed by atoms with Crippen LogP contribution in [-0.4, -0.2) is 54.3 Å². The quantitative estimate of drug-likeness (QED) is 0.256. The normalized spacial score (nSPS) is 15.6. The van der Waals surface area contributed by atoms with Gasteiger partial charge in [-0.1, -0.05) is 87.0 Å². The first-order chi connectivity index (χ1) is 19.6. The van der Waals surface area contributed by atoms with Crippen LogP contribution < -0.4 is 16.0 Å². The van der Waals surface area contributed by atoms with Gasteiger partial charge < -0.3 is 16.0 Å². The number of carbonyl (C=O) groups excluding carboxylic acids is 3. The van der Waals surface area contributed by atoms with Gasteiger partial charge in [-0.3, -0.25) is 19.3 Å². The predicted molar refractivity (Wildman–Crippen MR) is 172 cm³/mol. The van der Waals surface area contributed by atoms with Crippen LogP contribution in [0.1, 0.15) is 51.2 Å². The second-order valence-corrected chi connectivity index (χ2v) is 12.2. The van der Waals surface area contributed by atoms with Gasteiger partial charge in [-0.25, -0.2) is 0 Å². The lowest BCUT2D eigenvalue weighted by atomic mass is 9.91. The van der Waals surface area contributed by atoms with Gasteiger partial charge in [0.15, 0.2) is 0 Å². The van der Waals surface area contributed by atoms with E-state index in [2.05, 4.69) is 16.0 Å². The largest absolute Gasteiger partial charge is 0.354 e. The SMILES string of the molecule is CC(C)(C)C(=O)N(C(=O)[C@@H]1CCCN1)[C@H](Cc1ccc2ccccc2c1)C(=O)NCCCNCc1ccc(Cl)cc1.Cl. The van der Waals surface area contributed by atoms with E-state index in [4.69, 9.17) is 11.6 Å². The van der Waals surface area contributed by atoms with E-state index in [1.54, 1.807) is 20.8 Å². The summed E-state index contributed by atoms with van der Waals surface area (Å²) in [5, 5.41) is 12.5. The van der Waals surface area contributed by atoms with E-state index in [0.29, 0.717) is 37.5 Å². The Bertz CT molecular complexity index is 1350. The molecule has 0 aliphatic carbocycles. The molecule has 3 N–H and O–H groups in total. The summed E-state index contributed by atoms with van der Waals surface area (Å²) in [4.78, 5) is 42.6. The molecule has 0 aromatic heterocycles. The van der Waals surface area contributed by atoms with Crippen LogP contribution in [0.3, 0.4) is 0 Å². The fraction of sp³-hybridized carbons (Fsp3) is 0.424. The maximum absolute atomic E-state index is 13.8. The maximum atomic E-state index is 13.8. The highest BCUT2D eigenvalue weighted by Crippen LogP contribution is 2.25. The van der Waals surface area contributed by atoms with Gasteiger partial charge >= 0.3 is 0 Å². The molecule has 0 bridgehead atoms. The Morgan fingerprint density at radius 3 is 2.33 bits per heavy atom. The van der Waals surface area contributed by atoms with Crippen molar-refractivity contribution in [3.05, 3.63) is 82.9 Å². The lowest BCUT2D eigenvalue weighted by molar-refractivity contribution is -0.157. The molecule has 1 saturated heterocycles. The maximum Gasteiger partial charge on any atom is 0.247 e. The molecule has 0 saturated carbocycles. The van der Waals surface area contributed by atoms with Crippen LogP contribution >= 0.6 is 24.0 Å². The first kappa shape index (κ1) is 33.5. The number of hydrogen-bond donors (Lipinski definition) is 3. The lowest BCUT2D eigenvalue weighted by Crippen LogP contribution is -2.59. The summed E-state index contributed by atoms with van der Waals surface area (Å²) in [7, 11) is 0. The first-order valence-corrected chi connectivity index (χ1v) is 14.8. The number of nitrogens with one attached hydrogen (secondary N) is 3. The molecule has 0 unspecified atom stereocenters. The Labute approximate surface area is 260 Å². The third-order valence-electron chi connectivity index (χ3n) is 7.39. The number of nitrogens with zero attached hydrogens (tertiary/aromatic N) is 1. The van der Waals surface area contributed by atoms with Gasteiger partial charge in [0.1, 0.15) is 6.04 Å². The van der Waals surface area contributed by atoms with E-state index in [-0.39, 0.29) is 36.5 Å². The van der Waals surface area contributed by atoms with Gasteiger partial charge in [0.25, 0.3) is 0 Å². The van der Waals surface area contributed by atoms with Crippen LogP contribution in [-0.2, 0) is 27.3 Å². The van der Waals surface area contributed by atoms with Gasteiger partial charge in [-0.15, -0.1) is 12.4 Å². The van der Waals surface area contributed by atoms with Crippen LogP contribution in [0.2, 0.25) is 5.02 Å². The molecule has 7 nitrogen and oxygen atoms in total.